The molecule has 170 valence electrons. The number of hydrogen-bond donors (Lipinski definition) is 1. The first-order valence-corrected chi connectivity index (χ1v) is 9.95. The summed E-state index contributed by atoms with van der Waals surface area (Å²) in [5, 5.41) is 0. The number of amidine groups is 1. The van der Waals surface area contributed by atoms with Crippen LogP contribution >= 0.6 is 0 Å². The predicted octanol–water partition coefficient (Wildman–Crippen LogP) is 2.26. The summed E-state index contributed by atoms with van der Waals surface area (Å²) in [6, 6.07) is 3.79. The molecule has 3 heterocycles. The van der Waals surface area contributed by atoms with E-state index in [1.165, 1.54) is 18.2 Å². The van der Waals surface area contributed by atoms with Crippen molar-refractivity contribution in [3.63, 3.8) is 0 Å². The van der Waals surface area contributed by atoms with Crippen LogP contribution in [0.4, 0.5) is 13.2 Å². The molecule has 1 aromatic heterocycles. The van der Waals surface area contributed by atoms with Gasteiger partial charge in [0.1, 0.15) is 29.8 Å². The van der Waals surface area contributed by atoms with Gasteiger partial charge in [-0.2, -0.15) is 0 Å². The Hall–Kier alpha value is -3.21. The van der Waals surface area contributed by atoms with Gasteiger partial charge in [0.25, 0.3) is 6.02 Å². The Labute approximate surface area is 181 Å². The Balaban J connectivity index is 1.64. The quantitative estimate of drug-likeness (QED) is 0.645. The molecule has 2 N–H and O–H groups in total. The minimum Gasteiger partial charge on any atom is -0.462 e. The number of ketones is 1. The molecule has 4 rings (SSSR count). The Kier molecular flexibility index (Phi) is 6.26. The summed E-state index contributed by atoms with van der Waals surface area (Å²) in [7, 11) is 0. The molecule has 0 radical (unpaired) electrons. The molecule has 8 nitrogen and oxygen atoms in total. The lowest BCUT2D eigenvalue weighted by molar-refractivity contribution is -0.0785. The summed E-state index contributed by atoms with van der Waals surface area (Å²) in [4.78, 5) is 24.5. The number of benzene rings is 1. The minimum atomic E-state index is -1.62. The van der Waals surface area contributed by atoms with Crippen molar-refractivity contribution in [2.45, 2.75) is 24.5 Å². The highest BCUT2D eigenvalue weighted by molar-refractivity contribution is 5.95. The molecule has 1 saturated heterocycles. The van der Waals surface area contributed by atoms with Crippen molar-refractivity contribution < 1.29 is 32.2 Å². The van der Waals surface area contributed by atoms with Gasteiger partial charge in [-0.05, 0) is 17.7 Å². The van der Waals surface area contributed by atoms with E-state index in [1.807, 2.05) is 0 Å². The fourth-order valence-electron chi connectivity index (χ4n) is 4.11. The lowest BCUT2D eigenvalue weighted by Crippen LogP contribution is -2.54. The number of ether oxygens (including phenoxy) is 3. The van der Waals surface area contributed by atoms with Crippen LogP contribution < -0.4 is 10.5 Å². The average molecular weight is 450 g/mol. The molecule has 1 fully saturated rings. The molecule has 3 atom stereocenters. The van der Waals surface area contributed by atoms with Gasteiger partial charge in [0.2, 0.25) is 12.7 Å². The van der Waals surface area contributed by atoms with Gasteiger partial charge in [-0.3, -0.25) is 4.79 Å². The van der Waals surface area contributed by atoms with Gasteiger partial charge in [-0.1, -0.05) is 6.07 Å². The van der Waals surface area contributed by atoms with E-state index in [0.29, 0.717) is 18.6 Å². The highest BCUT2D eigenvalue weighted by Gasteiger charge is 2.51. The summed E-state index contributed by atoms with van der Waals surface area (Å²) >= 11 is 0. The lowest BCUT2D eigenvalue weighted by Gasteiger charge is -2.45. The fourth-order valence-corrected chi connectivity index (χ4v) is 4.11. The van der Waals surface area contributed by atoms with Crippen LogP contribution in [0.25, 0.3) is 0 Å². The average Bonchev–Trinajstić information content (AvgIpc) is 2.80. The van der Waals surface area contributed by atoms with Gasteiger partial charge >= 0.3 is 0 Å². The molecular weight excluding hydrogens is 429 g/mol. The normalized spacial score (nSPS) is 24.8. The zero-order valence-corrected chi connectivity index (χ0v) is 17.0. The Morgan fingerprint density at radius 1 is 1.28 bits per heavy atom. The summed E-state index contributed by atoms with van der Waals surface area (Å²) in [5.41, 5.74) is 4.62. The molecule has 2 aromatic rings. The Bertz CT molecular complexity index is 1020. The molecule has 1 aromatic carbocycles. The zero-order chi connectivity index (χ0) is 22.7. The smallest absolute Gasteiger partial charge is 0.283 e. The van der Waals surface area contributed by atoms with Crippen LogP contribution in [0.3, 0.4) is 0 Å². The van der Waals surface area contributed by atoms with Crippen LogP contribution in [0.5, 0.6) is 5.88 Å². The van der Waals surface area contributed by atoms with Crippen molar-refractivity contribution in [2.75, 3.05) is 26.7 Å². The third kappa shape index (κ3) is 4.12. The van der Waals surface area contributed by atoms with E-state index in [4.69, 9.17) is 15.2 Å². The zero-order valence-electron chi connectivity index (χ0n) is 17.0. The Morgan fingerprint density at radius 2 is 2.12 bits per heavy atom. The van der Waals surface area contributed by atoms with E-state index in [2.05, 4.69) is 19.7 Å². The second-order valence-electron chi connectivity index (χ2n) is 7.54. The number of aromatic nitrogens is 2. The molecule has 0 saturated carbocycles. The number of carbonyl (C=O) groups excluding carboxylic acids is 1. The van der Waals surface area contributed by atoms with Gasteiger partial charge in [0.15, 0.2) is 5.78 Å². The topological polar surface area (TPSA) is 109 Å². The SMILES string of the molecule is NC1=N[C@](CF)(c2cc(CC(=O)c3cnc(OCF)cn3)ccc2F)[C@@H]2COCC[C@H]2O1. The van der Waals surface area contributed by atoms with E-state index in [9.17, 15) is 18.0 Å². The molecular formula is C21H21F3N4O4. The summed E-state index contributed by atoms with van der Waals surface area (Å²) in [6.45, 7) is -1.53. The number of carbonyl (C=O) groups is 1. The molecule has 32 heavy (non-hydrogen) atoms. The number of fused-ring (bicyclic) bond motifs is 1. The van der Waals surface area contributed by atoms with Gasteiger partial charge in [-0.15, -0.1) is 0 Å². The Morgan fingerprint density at radius 3 is 2.84 bits per heavy atom. The molecule has 0 unspecified atom stereocenters. The first-order chi connectivity index (χ1) is 15.5. The second kappa shape index (κ2) is 9.11. The maximum absolute atomic E-state index is 14.9. The van der Waals surface area contributed by atoms with Gasteiger partial charge in [-0.25, -0.2) is 28.1 Å². The van der Waals surface area contributed by atoms with Crippen molar-refractivity contribution in [1.82, 2.24) is 9.97 Å². The van der Waals surface area contributed by atoms with Crippen LogP contribution in [0.1, 0.15) is 28.0 Å². The number of aliphatic imine (C=N–C) groups is 1. The predicted molar refractivity (Wildman–Crippen MR) is 106 cm³/mol. The first kappa shape index (κ1) is 22.0. The number of nitrogens with two attached hydrogens (primary N) is 1. The molecule has 0 aliphatic carbocycles. The van der Waals surface area contributed by atoms with Crippen LogP contribution in [-0.4, -0.2) is 54.6 Å². The molecule has 11 heteroatoms. The highest BCUT2D eigenvalue weighted by atomic mass is 19.1. The van der Waals surface area contributed by atoms with Gasteiger partial charge in [0.05, 0.1) is 31.5 Å². The third-order valence-electron chi connectivity index (χ3n) is 5.67. The maximum atomic E-state index is 14.9. The number of nitrogens with zero attached hydrogens (tertiary/aromatic N) is 3. The second-order valence-corrected chi connectivity index (χ2v) is 7.54. The van der Waals surface area contributed by atoms with Crippen molar-refractivity contribution >= 4 is 11.8 Å². The van der Waals surface area contributed by atoms with E-state index >= 15 is 0 Å². The van der Waals surface area contributed by atoms with Crippen LogP contribution in [0, 0.1) is 11.7 Å². The summed E-state index contributed by atoms with van der Waals surface area (Å²) in [6.07, 6.45) is 2.16. The van der Waals surface area contributed by atoms with Crippen LogP contribution in [-0.2, 0) is 21.4 Å². The van der Waals surface area contributed by atoms with Crippen LogP contribution in [0.15, 0.2) is 35.6 Å². The number of hydrogen-bond acceptors (Lipinski definition) is 8. The number of halogens is 3. The summed E-state index contributed by atoms with van der Waals surface area (Å²) in [5.74, 6) is -1.72. The van der Waals surface area contributed by atoms with Crippen molar-refractivity contribution in [2.24, 2.45) is 16.6 Å². The third-order valence-corrected chi connectivity index (χ3v) is 5.67. The first-order valence-electron chi connectivity index (χ1n) is 9.95. The van der Waals surface area contributed by atoms with Gasteiger partial charge in [0, 0.05) is 18.4 Å². The standard InChI is InChI=1S/C21H21F3N4O4/c22-10-21(14-9-30-4-3-18(14)32-20(25)28-21)13-5-12(1-2-15(13)24)6-17(29)16-7-27-19(8-26-16)31-11-23/h1-2,5,7-8,14,18H,3-4,6,9-11H2,(H2,25,28)/t14-,18-,21-/m1/s1. The molecule has 0 bridgehead atoms. The van der Waals surface area contributed by atoms with E-state index in [-0.39, 0.29) is 36.2 Å². The number of alkyl halides is 2. The van der Waals surface area contributed by atoms with E-state index in [1.54, 1.807) is 0 Å². The maximum Gasteiger partial charge on any atom is 0.283 e. The molecule has 0 amide bonds. The monoisotopic (exact) mass is 450 g/mol. The fraction of sp³-hybridized carbons (Fsp3) is 0.429. The van der Waals surface area contributed by atoms with Gasteiger partial charge < -0.3 is 19.9 Å². The van der Waals surface area contributed by atoms with Crippen molar-refractivity contribution in [3.05, 3.63) is 53.2 Å². The molecule has 2 aliphatic rings. The molecule has 0 spiro atoms. The van der Waals surface area contributed by atoms with Crippen LogP contribution in [0.2, 0.25) is 0 Å². The number of rotatable bonds is 7. The summed E-state index contributed by atoms with van der Waals surface area (Å²) < 4.78 is 57.3. The minimum absolute atomic E-state index is 0.0187. The highest BCUT2D eigenvalue weighted by Crippen LogP contribution is 2.44. The molecule has 2 aliphatic heterocycles. The van der Waals surface area contributed by atoms with Crippen molar-refractivity contribution in [1.29, 1.82) is 0 Å². The van der Waals surface area contributed by atoms with E-state index < -0.39 is 42.7 Å². The number of Topliss-reactive ketones (excluding diaryl/α,β-unsaturated/α-hetero) is 1. The van der Waals surface area contributed by atoms with E-state index in [0.717, 1.165) is 12.4 Å². The lowest BCUT2D eigenvalue weighted by atomic mass is 9.74. The van der Waals surface area contributed by atoms with Crippen molar-refractivity contribution in [3.8, 4) is 5.88 Å². The largest absolute Gasteiger partial charge is 0.462 e.